The van der Waals surface area contributed by atoms with Gasteiger partial charge < -0.3 is 24.2 Å². The summed E-state index contributed by atoms with van der Waals surface area (Å²) in [6.45, 7) is 11.9. The molecule has 0 heterocycles. The highest BCUT2D eigenvalue weighted by Crippen LogP contribution is 2.14. The van der Waals surface area contributed by atoms with E-state index >= 15 is 0 Å². The van der Waals surface area contributed by atoms with Crippen LogP contribution in [0, 0.1) is 0 Å². The summed E-state index contributed by atoms with van der Waals surface area (Å²) in [5.74, 6) is -0.0242. The number of allylic oxidation sites excluding steroid dienone is 2. The van der Waals surface area contributed by atoms with Gasteiger partial charge in [-0.05, 0) is 77.3 Å². The molecule has 0 rings (SSSR count). The third-order valence-corrected chi connectivity index (χ3v) is 9.16. The summed E-state index contributed by atoms with van der Waals surface area (Å²) >= 11 is 0. The molecule has 0 aliphatic carbocycles. The number of esters is 1. The number of unbranched alkanes of at least 4 members (excludes halogenated alkanes) is 18. The van der Waals surface area contributed by atoms with Gasteiger partial charge in [0.2, 0.25) is 0 Å². The maximum atomic E-state index is 12.0. The maximum absolute atomic E-state index is 12.0. The Morgan fingerprint density at radius 3 is 1.55 bits per heavy atom. The van der Waals surface area contributed by atoms with Crippen LogP contribution in [0.25, 0.3) is 0 Å². The second kappa shape index (κ2) is 41.2. The largest absolute Gasteiger partial charge is 0.466 e. The van der Waals surface area contributed by atoms with E-state index in [9.17, 15) is 9.90 Å². The van der Waals surface area contributed by atoms with Crippen molar-refractivity contribution < 1.29 is 24.1 Å². The predicted molar refractivity (Wildman–Crippen MR) is 210 cm³/mol. The first-order valence-corrected chi connectivity index (χ1v) is 21.2. The number of ether oxygens (including phenoxy) is 3. The predicted octanol–water partition coefficient (Wildman–Crippen LogP) is 11.9. The lowest BCUT2D eigenvalue weighted by Crippen LogP contribution is -2.29. The fourth-order valence-electron chi connectivity index (χ4n) is 5.97. The molecule has 0 amide bonds. The van der Waals surface area contributed by atoms with Crippen LogP contribution in [0.2, 0.25) is 0 Å². The van der Waals surface area contributed by atoms with Crippen LogP contribution in [0.1, 0.15) is 194 Å². The average Bonchev–Trinajstić information content (AvgIpc) is 3.10. The van der Waals surface area contributed by atoms with E-state index in [2.05, 4.69) is 50.0 Å². The fraction of sp³-hybridized carbons (Fsp3) is 0.884. The topological polar surface area (TPSA) is 68.2 Å². The van der Waals surface area contributed by atoms with Crippen molar-refractivity contribution in [3.8, 4) is 0 Å². The molecule has 0 bridgehead atoms. The Bertz CT molecular complexity index is 688. The number of nitrogens with zero attached hydrogens (tertiary/aromatic N) is 1. The van der Waals surface area contributed by atoms with E-state index in [1.165, 1.54) is 109 Å². The zero-order chi connectivity index (χ0) is 35.7. The van der Waals surface area contributed by atoms with Gasteiger partial charge in [0.1, 0.15) is 0 Å². The number of carbonyl (C=O) groups is 1. The summed E-state index contributed by atoms with van der Waals surface area (Å²) in [4.78, 5) is 14.4. The first-order chi connectivity index (χ1) is 24.2. The van der Waals surface area contributed by atoms with Crippen molar-refractivity contribution in [1.29, 1.82) is 0 Å². The van der Waals surface area contributed by atoms with Crippen LogP contribution >= 0.6 is 0 Å². The summed E-state index contributed by atoms with van der Waals surface area (Å²) in [5.41, 5.74) is 0. The molecule has 290 valence electrons. The van der Waals surface area contributed by atoms with Crippen LogP contribution in [0.3, 0.4) is 0 Å². The number of aliphatic hydroxyl groups excluding tert-OH is 1. The molecule has 0 aliphatic heterocycles. The van der Waals surface area contributed by atoms with Crippen LogP contribution in [-0.2, 0) is 19.0 Å². The van der Waals surface area contributed by atoms with Gasteiger partial charge >= 0.3 is 5.97 Å². The standard InChI is InChI=1S/C43H83NO5/c1-4-7-10-13-16-25-30-39-47-42(46)33-26-19-17-21-28-35-44(37-38-45)36-29-22-18-20-27-34-43(48-40-31-23-14-11-8-5-2)49-41-32-24-15-12-9-6-3/h14-15,23-24,43,45H,4-13,16-22,25-41H2,1-3H3/b23-14-,24-15-. The van der Waals surface area contributed by atoms with Gasteiger partial charge in [0, 0.05) is 13.0 Å². The molecule has 49 heavy (non-hydrogen) atoms. The van der Waals surface area contributed by atoms with E-state index in [0.29, 0.717) is 13.0 Å². The monoisotopic (exact) mass is 694 g/mol. The lowest BCUT2D eigenvalue weighted by Gasteiger charge is -2.21. The minimum atomic E-state index is -0.0957. The third kappa shape index (κ3) is 37.9. The summed E-state index contributed by atoms with van der Waals surface area (Å²) in [6.07, 6.45) is 40.0. The zero-order valence-electron chi connectivity index (χ0n) is 33.0. The van der Waals surface area contributed by atoms with Crippen LogP contribution in [0.15, 0.2) is 24.3 Å². The summed E-state index contributed by atoms with van der Waals surface area (Å²) < 4.78 is 17.7. The highest BCUT2D eigenvalue weighted by atomic mass is 16.7. The van der Waals surface area contributed by atoms with Gasteiger partial charge in [0.25, 0.3) is 0 Å². The van der Waals surface area contributed by atoms with E-state index in [1.54, 1.807) is 0 Å². The van der Waals surface area contributed by atoms with Crippen molar-refractivity contribution in [2.75, 3.05) is 46.1 Å². The van der Waals surface area contributed by atoms with Crippen LogP contribution in [-0.4, -0.2) is 68.3 Å². The minimum Gasteiger partial charge on any atom is -0.466 e. The number of hydrogen-bond donors (Lipinski definition) is 1. The first kappa shape index (κ1) is 47.8. The molecule has 0 spiro atoms. The van der Waals surface area contributed by atoms with Crippen molar-refractivity contribution in [3.63, 3.8) is 0 Å². The Morgan fingerprint density at radius 1 is 0.531 bits per heavy atom. The quantitative estimate of drug-likeness (QED) is 0.0298. The van der Waals surface area contributed by atoms with Gasteiger partial charge in [-0.1, -0.05) is 148 Å². The number of rotatable bonds is 40. The molecule has 0 atom stereocenters. The van der Waals surface area contributed by atoms with E-state index in [0.717, 1.165) is 90.6 Å². The molecule has 0 aromatic rings. The molecular weight excluding hydrogens is 610 g/mol. The Hall–Kier alpha value is -1.21. The number of carbonyl (C=O) groups excluding carboxylic acids is 1. The van der Waals surface area contributed by atoms with Gasteiger partial charge in [0.05, 0.1) is 26.4 Å². The van der Waals surface area contributed by atoms with E-state index in [4.69, 9.17) is 14.2 Å². The summed E-state index contributed by atoms with van der Waals surface area (Å²) in [5, 5.41) is 9.56. The molecular formula is C43H83NO5. The Balaban J connectivity index is 3.99. The van der Waals surface area contributed by atoms with Crippen LogP contribution < -0.4 is 0 Å². The summed E-state index contributed by atoms with van der Waals surface area (Å²) in [6, 6.07) is 0. The maximum Gasteiger partial charge on any atom is 0.305 e. The molecule has 6 heteroatoms. The molecule has 0 unspecified atom stereocenters. The highest BCUT2D eigenvalue weighted by molar-refractivity contribution is 5.69. The fourth-order valence-corrected chi connectivity index (χ4v) is 5.97. The molecule has 0 aliphatic rings. The molecule has 0 aromatic carbocycles. The van der Waals surface area contributed by atoms with Crippen LogP contribution in [0.5, 0.6) is 0 Å². The van der Waals surface area contributed by atoms with Gasteiger partial charge in [-0.3, -0.25) is 4.79 Å². The Kier molecular flexibility index (Phi) is 40.2. The third-order valence-electron chi connectivity index (χ3n) is 9.16. The molecule has 6 nitrogen and oxygen atoms in total. The molecule has 1 N–H and O–H groups in total. The van der Waals surface area contributed by atoms with Gasteiger partial charge in [-0.15, -0.1) is 0 Å². The van der Waals surface area contributed by atoms with E-state index in [-0.39, 0.29) is 18.9 Å². The van der Waals surface area contributed by atoms with Crippen LogP contribution in [0.4, 0.5) is 0 Å². The average molecular weight is 694 g/mol. The smallest absolute Gasteiger partial charge is 0.305 e. The van der Waals surface area contributed by atoms with Gasteiger partial charge in [0.15, 0.2) is 6.29 Å². The normalized spacial score (nSPS) is 12.0. The molecule has 0 aromatic heterocycles. The highest BCUT2D eigenvalue weighted by Gasteiger charge is 2.09. The molecule has 0 fully saturated rings. The summed E-state index contributed by atoms with van der Waals surface area (Å²) in [7, 11) is 0. The van der Waals surface area contributed by atoms with Gasteiger partial charge in [-0.25, -0.2) is 0 Å². The molecule has 0 radical (unpaired) electrons. The minimum absolute atomic E-state index is 0.0242. The molecule has 0 saturated carbocycles. The van der Waals surface area contributed by atoms with E-state index in [1.807, 2.05) is 0 Å². The second-order valence-corrected chi connectivity index (χ2v) is 14.0. The number of aliphatic hydroxyl groups is 1. The first-order valence-electron chi connectivity index (χ1n) is 21.2. The zero-order valence-corrected chi connectivity index (χ0v) is 33.0. The SMILES string of the molecule is CCCC/C=C\CCOC(CCCCCCCN(CCO)CCCCCCCC(=O)OCCCCCCCCC)OCC/C=C\CCCC. The Labute approximate surface area is 305 Å². The van der Waals surface area contributed by atoms with Crippen molar-refractivity contribution in [3.05, 3.63) is 24.3 Å². The van der Waals surface area contributed by atoms with Crippen molar-refractivity contribution >= 4 is 5.97 Å². The van der Waals surface area contributed by atoms with Crippen molar-refractivity contribution in [1.82, 2.24) is 4.90 Å². The van der Waals surface area contributed by atoms with Crippen molar-refractivity contribution in [2.24, 2.45) is 0 Å². The van der Waals surface area contributed by atoms with E-state index < -0.39 is 0 Å². The lowest BCUT2D eigenvalue weighted by atomic mass is 10.1. The van der Waals surface area contributed by atoms with Crippen molar-refractivity contribution in [2.45, 2.75) is 200 Å². The number of hydrogen-bond acceptors (Lipinski definition) is 6. The second-order valence-electron chi connectivity index (χ2n) is 14.0. The lowest BCUT2D eigenvalue weighted by molar-refractivity contribution is -0.145. The van der Waals surface area contributed by atoms with Gasteiger partial charge in [-0.2, -0.15) is 0 Å². The Morgan fingerprint density at radius 2 is 1.00 bits per heavy atom. The molecule has 0 saturated heterocycles.